The van der Waals surface area contributed by atoms with E-state index in [9.17, 15) is 4.79 Å². The Kier molecular flexibility index (Phi) is 2.66. The molecule has 0 N–H and O–H groups in total. The van der Waals surface area contributed by atoms with E-state index in [0.29, 0.717) is 18.1 Å². The highest BCUT2D eigenvalue weighted by atomic mass is 16.1. The summed E-state index contributed by atoms with van der Waals surface area (Å²) >= 11 is 0. The fraction of sp³-hybridized carbons (Fsp3) is 0.636. The molecule has 0 unspecified atom stereocenters. The van der Waals surface area contributed by atoms with Crippen LogP contribution in [-0.4, -0.2) is 15.3 Å². The molecular weight excluding hydrogens is 176 g/mol. The van der Waals surface area contributed by atoms with Gasteiger partial charge in [0, 0.05) is 25.4 Å². The van der Waals surface area contributed by atoms with Crippen LogP contribution in [0.5, 0.6) is 0 Å². The van der Waals surface area contributed by atoms with E-state index in [0.717, 1.165) is 18.8 Å². The summed E-state index contributed by atoms with van der Waals surface area (Å²) in [6.07, 6.45) is 7.46. The van der Waals surface area contributed by atoms with E-state index in [2.05, 4.69) is 11.9 Å². The number of aromatic nitrogens is 2. The van der Waals surface area contributed by atoms with Crippen molar-refractivity contribution in [1.82, 2.24) is 9.55 Å². The Morgan fingerprint density at radius 1 is 1.64 bits per heavy atom. The number of hydrogen-bond acceptors (Lipinski definition) is 2. The summed E-state index contributed by atoms with van der Waals surface area (Å²) in [6, 6.07) is 0. The number of ketones is 1. The number of aryl methyl sites for hydroxylation is 1. The second-order valence-corrected chi connectivity index (χ2v) is 3.99. The second kappa shape index (κ2) is 3.95. The summed E-state index contributed by atoms with van der Waals surface area (Å²) in [5.74, 6) is 1.94. The quantitative estimate of drug-likeness (QED) is 0.713. The van der Waals surface area contributed by atoms with Gasteiger partial charge in [0.2, 0.25) is 0 Å². The lowest BCUT2D eigenvalue weighted by Gasteiger charge is -2.03. The number of Topliss-reactive ketones (excluding diaryl/α,β-unsaturated/α-hetero) is 1. The maximum Gasteiger partial charge on any atom is 0.140 e. The number of rotatable bonds is 5. The number of carbonyl (C=O) groups is 1. The highest BCUT2D eigenvalue weighted by Crippen LogP contribution is 2.32. The molecule has 3 nitrogen and oxygen atoms in total. The van der Waals surface area contributed by atoms with E-state index in [1.54, 1.807) is 6.20 Å². The summed E-state index contributed by atoms with van der Waals surface area (Å²) in [5, 5.41) is 0. The normalized spacial score (nSPS) is 15.8. The molecule has 1 aliphatic rings. The van der Waals surface area contributed by atoms with E-state index >= 15 is 0 Å². The zero-order valence-electron chi connectivity index (χ0n) is 8.57. The van der Waals surface area contributed by atoms with Crippen molar-refractivity contribution in [2.24, 2.45) is 5.92 Å². The average Bonchev–Trinajstić information content (AvgIpc) is 2.84. The highest BCUT2D eigenvalue weighted by Gasteiger charge is 2.24. The standard InChI is InChI=1S/C11H16N2O/c1-2-13-6-5-12-11(13)8-10(14)7-9-3-4-9/h5-6,9H,2-4,7-8H2,1H3. The van der Waals surface area contributed by atoms with Gasteiger partial charge in [-0.2, -0.15) is 0 Å². The van der Waals surface area contributed by atoms with E-state index in [1.165, 1.54) is 12.8 Å². The van der Waals surface area contributed by atoms with Gasteiger partial charge < -0.3 is 4.57 Å². The summed E-state index contributed by atoms with van der Waals surface area (Å²) < 4.78 is 2.03. The lowest BCUT2D eigenvalue weighted by Crippen LogP contribution is -2.09. The lowest BCUT2D eigenvalue weighted by molar-refractivity contribution is -0.118. The fourth-order valence-electron chi connectivity index (χ4n) is 1.69. The molecular formula is C11H16N2O. The first-order chi connectivity index (χ1) is 6.79. The lowest BCUT2D eigenvalue weighted by atomic mass is 10.1. The predicted octanol–water partition coefficient (Wildman–Crippen LogP) is 1.81. The summed E-state index contributed by atoms with van der Waals surface area (Å²) in [6.45, 7) is 2.96. The third kappa shape index (κ3) is 2.22. The van der Waals surface area contributed by atoms with E-state index in [-0.39, 0.29) is 0 Å². The Morgan fingerprint density at radius 3 is 3.07 bits per heavy atom. The van der Waals surface area contributed by atoms with Gasteiger partial charge in [-0.3, -0.25) is 4.79 Å². The van der Waals surface area contributed by atoms with Gasteiger partial charge in [-0.25, -0.2) is 4.98 Å². The van der Waals surface area contributed by atoms with Crippen molar-refractivity contribution in [1.29, 1.82) is 0 Å². The molecule has 3 heteroatoms. The molecule has 1 fully saturated rings. The highest BCUT2D eigenvalue weighted by molar-refractivity contribution is 5.80. The Morgan fingerprint density at radius 2 is 2.43 bits per heavy atom. The summed E-state index contributed by atoms with van der Waals surface area (Å²) in [7, 11) is 0. The van der Waals surface area contributed by atoms with Gasteiger partial charge in [-0.05, 0) is 25.7 Å². The third-order valence-electron chi connectivity index (χ3n) is 2.71. The number of nitrogens with zero attached hydrogens (tertiary/aromatic N) is 2. The zero-order chi connectivity index (χ0) is 9.97. The molecule has 1 aromatic heterocycles. The maximum absolute atomic E-state index is 11.6. The molecule has 1 heterocycles. The van der Waals surface area contributed by atoms with Crippen LogP contribution in [0.1, 0.15) is 32.0 Å². The van der Waals surface area contributed by atoms with Crippen LogP contribution in [0, 0.1) is 5.92 Å². The van der Waals surface area contributed by atoms with E-state index in [1.807, 2.05) is 10.8 Å². The molecule has 76 valence electrons. The van der Waals surface area contributed by atoms with Crippen molar-refractivity contribution < 1.29 is 4.79 Å². The summed E-state index contributed by atoms with van der Waals surface area (Å²) in [5.41, 5.74) is 0. The van der Waals surface area contributed by atoms with Crippen LogP contribution in [0.25, 0.3) is 0 Å². The van der Waals surface area contributed by atoms with Gasteiger partial charge in [0.15, 0.2) is 0 Å². The molecule has 0 saturated heterocycles. The largest absolute Gasteiger partial charge is 0.335 e. The third-order valence-corrected chi connectivity index (χ3v) is 2.71. The molecule has 0 spiro atoms. The molecule has 0 amide bonds. The first-order valence-corrected chi connectivity index (χ1v) is 5.31. The Bertz CT molecular complexity index is 326. The molecule has 0 radical (unpaired) electrons. The molecule has 0 bridgehead atoms. The minimum Gasteiger partial charge on any atom is -0.335 e. The van der Waals surface area contributed by atoms with E-state index in [4.69, 9.17) is 0 Å². The van der Waals surface area contributed by atoms with Gasteiger partial charge in [0.1, 0.15) is 11.6 Å². The topological polar surface area (TPSA) is 34.9 Å². The molecule has 0 atom stereocenters. The maximum atomic E-state index is 11.6. The minimum atomic E-state index is 0.341. The summed E-state index contributed by atoms with van der Waals surface area (Å²) in [4.78, 5) is 15.8. The van der Waals surface area contributed by atoms with E-state index < -0.39 is 0 Å². The molecule has 0 aliphatic heterocycles. The SMILES string of the molecule is CCn1ccnc1CC(=O)CC1CC1. The molecule has 1 saturated carbocycles. The van der Waals surface area contributed by atoms with Crippen LogP contribution in [0.15, 0.2) is 12.4 Å². The molecule has 1 aromatic rings. The molecule has 0 aromatic carbocycles. The Labute approximate surface area is 84.1 Å². The minimum absolute atomic E-state index is 0.341. The van der Waals surface area contributed by atoms with Gasteiger partial charge in [0.05, 0.1) is 6.42 Å². The monoisotopic (exact) mass is 192 g/mol. The fourth-order valence-corrected chi connectivity index (χ4v) is 1.69. The van der Waals surface area contributed by atoms with Crippen molar-refractivity contribution in [2.75, 3.05) is 0 Å². The first kappa shape index (κ1) is 9.44. The predicted molar refractivity (Wildman–Crippen MR) is 54.0 cm³/mol. The van der Waals surface area contributed by atoms with Crippen LogP contribution >= 0.6 is 0 Å². The van der Waals surface area contributed by atoms with Gasteiger partial charge in [-0.15, -0.1) is 0 Å². The van der Waals surface area contributed by atoms with Crippen LogP contribution in [-0.2, 0) is 17.8 Å². The van der Waals surface area contributed by atoms with Crippen molar-refractivity contribution in [3.05, 3.63) is 18.2 Å². The van der Waals surface area contributed by atoms with Crippen LogP contribution in [0.3, 0.4) is 0 Å². The molecule has 2 rings (SSSR count). The zero-order valence-corrected chi connectivity index (χ0v) is 8.57. The smallest absolute Gasteiger partial charge is 0.140 e. The van der Waals surface area contributed by atoms with Gasteiger partial charge in [-0.1, -0.05) is 0 Å². The van der Waals surface area contributed by atoms with Crippen molar-refractivity contribution >= 4 is 5.78 Å². The molecule has 1 aliphatic carbocycles. The second-order valence-electron chi connectivity index (χ2n) is 3.99. The van der Waals surface area contributed by atoms with Gasteiger partial charge in [0.25, 0.3) is 0 Å². The van der Waals surface area contributed by atoms with Crippen LogP contribution < -0.4 is 0 Å². The number of imidazole rings is 1. The Hall–Kier alpha value is -1.12. The average molecular weight is 192 g/mol. The number of hydrogen-bond donors (Lipinski definition) is 0. The molecule has 14 heavy (non-hydrogen) atoms. The van der Waals surface area contributed by atoms with Crippen LogP contribution in [0.2, 0.25) is 0 Å². The number of carbonyl (C=O) groups excluding carboxylic acids is 1. The van der Waals surface area contributed by atoms with Crippen LogP contribution in [0.4, 0.5) is 0 Å². The van der Waals surface area contributed by atoms with Crippen molar-refractivity contribution in [2.45, 2.75) is 39.2 Å². The van der Waals surface area contributed by atoms with Crippen molar-refractivity contribution in [3.8, 4) is 0 Å². The van der Waals surface area contributed by atoms with Gasteiger partial charge >= 0.3 is 0 Å². The first-order valence-electron chi connectivity index (χ1n) is 5.31. The van der Waals surface area contributed by atoms with Crippen molar-refractivity contribution in [3.63, 3.8) is 0 Å². The Balaban J connectivity index is 1.91.